The number of allylic oxidation sites excluding steroid dienone is 1. The summed E-state index contributed by atoms with van der Waals surface area (Å²) in [5.74, 6) is 0. The molecule has 0 bridgehead atoms. The molecule has 1 rings (SSSR count). The highest BCUT2D eigenvalue weighted by Gasteiger charge is 2.12. The lowest BCUT2D eigenvalue weighted by molar-refractivity contribution is 0.0802. The van der Waals surface area contributed by atoms with Crippen LogP contribution in [0.15, 0.2) is 12.3 Å². The zero-order valence-electron chi connectivity index (χ0n) is 7.23. The van der Waals surface area contributed by atoms with Crippen molar-refractivity contribution in [2.24, 2.45) is 0 Å². The van der Waals surface area contributed by atoms with E-state index in [4.69, 9.17) is 4.74 Å². The van der Waals surface area contributed by atoms with Crippen LogP contribution in [0.2, 0.25) is 0 Å². The Morgan fingerprint density at radius 1 is 1.55 bits per heavy atom. The Morgan fingerprint density at radius 2 is 2.18 bits per heavy atom. The molecule has 0 aromatic heterocycles. The molecule has 0 aromatic carbocycles. The van der Waals surface area contributed by atoms with E-state index in [1.165, 1.54) is 0 Å². The second-order valence-corrected chi connectivity index (χ2v) is 2.99. The molecule has 1 saturated heterocycles. The number of hydrogen-bond donors (Lipinski definition) is 1. The maximum absolute atomic E-state index is 5.25. The summed E-state index contributed by atoms with van der Waals surface area (Å²) >= 11 is 0. The molecular weight excluding hydrogens is 138 g/mol. The van der Waals surface area contributed by atoms with Crippen molar-refractivity contribution in [3.05, 3.63) is 12.3 Å². The molecule has 1 N–H and O–H groups in total. The summed E-state index contributed by atoms with van der Waals surface area (Å²) in [5, 5.41) is 3.39. The molecule has 2 nitrogen and oxygen atoms in total. The summed E-state index contributed by atoms with van der Waals surface area (Å²) in [6, 6.07) is 0.608. The summed E-state index contributed by atoms with van der Waals surface area (Å²) in [6.07, 6.45) is 3.27. The topological polar surface area (TPSA) is 21.3 Å². The van der Waals surface area contributed by atoms with Crippen molar-refractivity contribution in [2.45, 2.75) is 32.2 Å². The average Bonchev–Trinajstić information content (AvgIpc) is 2.06. The van der Waals surface area contributed by atoms with Gasteiger partial charge < -0.3 is 10.1 Å². The van der Waals surface area contributed by atoms with Gasteiger partial charge in [0.25, 0.3) is 0 Å². The van der Waals surface area contributed by atoms with Crippen LogP contribution in [-0.4, -0.2) is 19.3 Å². The van der Waals surface area contributed by atoms with Crippen molar-refractivity contribution >= 4 is 0 Å². The first-order valence-corrected chi connectivity index (χ1v) is 4.35. The van der Waals surface area contributed by atoms with Crippen molar-refractivity contribution < 1.29 is 4.74 Å². The van der Waals surface area contributed by atoms with Crippen molar-refractivity contribution in [1.82, 2.24) is 5.32 Å². The van der Waals surface area contributed by atoms with Crippen molar-refractivity contribution in [1.29, 1.82) is 0 Å². The average molecular weight is 155 g/mol. The molecule has 11 heavy (non-hydrogen) atoms. The molecule has 1 aliphatic rings. The van der Waals surface area contributed by atoms with Gasteiger partial charge in [-0.05, 0) is 19.3 Å². The Bertz CT molecular complexity index is 128. The van der Waals surface area contributed by atoms with E-state index in [0.29, 0.717) is 6.04 Å². The Kier molecular flexibility index (Phi) is 3.43. The molecule has 2 heteroatoms. The van der Waals surface area contributed by atoms with Gasteiger partial charge in [-0.3, -0.25) is 0 Å². The van der Waals surface area contributed by atoms with E-state index >= 15 is 0 Å². The summed E-state index contributed by atoms with van der Waals surface area (Å²) in [5.41, 5.74) is 1.15. The summed E-state index contributed by atoms with van der Waals surface area (Å²) in [4.78, 5) is 0. The second-order valence-electron chi connectivity index (χ2n) is 2.99. The predicted molar refractivity (Wildman–Crippen MR) is 46.4 cm³/mol. The van der Waals surface area contributed by atoms with Crippen LogP contribution in [0.4, 0.5) is 0 Å². The minimum absolute atomic E-state index is 0.608. The lowest BCUT2D eigenvalue weighted by atomic mass is 10.1. The lowest BCUT2D eigenvalue weighted by Crippen LogP contribution is -2.33. The first-order valence-electron chi connectivity index (χ1n) is 4.35. The highest BCUT2D eigenvalue weighted by Crippen LogP contribution is 2.08. The number of nitrogens with one attached hydrogen (secondary N) is 1. The van der Waals surface area contributed by atoms with Gasteiger partial charge in [0.1, 0.15) is 0 Å². The molecule has 0 radical (unpaired) electrons. The predicted octanol–water partition coefficient (Wildman–Crippen LogP) is 1.68. The van der Waals surface area contributed by atoms with Crippen LogP contribution in [0.1, 0.15) is 26.2 Å². The zero-order chi connectivity index (χ0) is 8.10. The maximum Gasteiger partial charge on any atom is 0.0485 e. The minimum Gasteiger partial charge on any atom is -0.386 e. The molecule has 1 fully saturated rings. The van der Waals surface area contributed by atoms with E-state index in [1.54, 1.807) is 0 Å². The third-order valence-corrected chi connectivity index (χ3v) is 2.06. The highest BCUT2D eigenvalue weighted by atomic mass is 16.5. The van der Waals surface area contributed by atoms with Gasteiger partial charge in [0.15, 0.2) is 0 Å². The van der Waals surface area contributed by atoms with E-state index in [-0.39, 0.29) is 0 Å². The normalized spacial score (nSPS) is 19.7. The molecule has 1 aliphatic heterocycles. The van der Waals surface area contributed by atoms with Crippen LogP contribution in [0.5, 0.6) is 0 Å². The fourth-order valence-electron chi connectivity index (χ4n) is 1.23. The third-order valence-electron chi connectivity index (χ3n) is 2.06. The van der Waals surface area contributed by atoms with Crippen LogP contribution >= 0.6 is 0 Å². The quantitative estimate of drug-likeness (QED) is 0.669. The van der Waals surface area contributed by atoms with Gasteiger partial charge in [-0.15, -0.1) is 0 Å². The third kappa shape index (κ3) is 2.93. The van der Waals surface area contributed by atoms with E-state index in [1.807, 2.05) is 0 Å². The summed E-state index contributed by atoms with van der Waals surface area (Å²) in [7, 11) is 0. The molecule has 0 unspecified atom stereocenters. The van der Waals surface area contributed by atoms with Gasteiger partial charge in [0.05, 0.1) is 0 Å². The van der Waals surface area contributed by atoms with E-state index in [0.717, 1.165) is 38.2 Å². The van der Waals surface area contributed by atoms with Gasteiger partial charge in [-0.25, -0.2) is 0 Å². The fourth-order valence-corrected chi connectivity index (χ4v) is 1.23. The van der Waals surface area contributed by atoms with Crippen LogP contribution in [0, 0.1) is 0 Å². The minimum atomic E-state index is 0.608. The van der Waals surface area contributed by atoms with Crippen LogP contribution < -0.4 is 5.32 Å². The molecule has 0 aromatic rings. The molecule has 0 atom stereocenters. The van der Waals surface area contributed by atoms with Crippen LogP contribution in [-0.2, 0) is 4.74 Å². The molecule has 0 amide bonds. The van der Waals surface area contributed by atoms with Gasteiger partial charge in [-0.2, -0.15) is 0 Å². The Hall–Kier alpha value is -0.500. The monoisotopic (exact) mass is 155 g/mol. The number of hydrogen-bond acceptors (Lipinski definition) is 2. The standard InChI is InChI=1S/C9H17NO/c1-3-8(2)10-9-4-6-11-7-5-9/h9-10H,2-7H2,1H3. The first-order chi connectivity index (χ1) is 5.33. The SMILES string of the molecule is C=C(CC)NC1CCOCC1. The molecule has 64 valence electrons. The van der Waals surface area contributed by atoms with Gasteiger partial charge in [0.2, 0.25) is 0 Å². The largest absolute Gasteiger partial charge is 0.386 e. The van der Waals surface area contributed by atoms with Crippen molar-refractivity contribution in [2.75, 3.05) is 13.2 Å². The Balaban J connectivity index is 2.19. The zero-order valence-corrected chi connectivity index (χ0v) is 7.23. The Morgan fingerprint density at radius 3 is 2.73 bits per heavy atom. The highest BCUT2D eigenvalue weighted by molar-refractivity contribution is 4.92. The van der Waals surface area contributed by atoms with Gasteiger partial charge >= 0.3 is 0 Å². The Labute approximate surface area is 68.6 Å². The molecule has 0 saturated carbocycles. The fraction of sp³-hybridized carbons (Fsp3) is 0.778. The van der Waals surface area contributed by atoms with Crippen molar-refractivity contribution in [3.8, 4) is 0 Å². The van der Waals surface area contributed by atoms with E-state index < -0.39 is 0 Å². The first kappa shape index (κ1) is 8.60. The van der Waals surface area contributed by atoms with Crippen LogP contribution in [0.25, 0.3) is 0 Å². The number of ether oxygens (including phenoxy) is 1. The summed E-state index contributed by atoms with van der Waals surface area (Å²) in [6.45, 7) is 7.83. The van der Waals surface area contributed by atoms with Gasteiger partial charge in [-0.1, -0.05) is 13.5 Å². The molecule has 0 spiro atoms. The maximum atomic E-state index is 5.25. The lowest BCUT2D eigenvalue weighted by Gasteiger charge is -2.24. The van der Waals surface area contributed by atoms with E-state index in [9.17, 15) is 0 Å². The van der Waals surface area contributed by atoms with Gasteiger partial charge in [0, 0.05) is 25.0 Å². The van der Waals surface area contributed by atoms with E-state index in [2.05, 4.69) is 18.8 Å². The molecule has 0 aliphatic carbocycles. The number of rotatable bonds is 3. The van der Waals surface area contributed by atoms with Crippen molar-refractivity contribution in [3.63, 3.8) is 0 Å². The second kappa shape index (κ2) is 4.39. The molecule has 1 heterocycles. The van der Waals surface area contributed by atoms with Crippen LogP contribution in [0.3, 0.4) is 0 Å². The summed E-state index contributed by atoms with van der Waals surface area (Å²) < 4.78 is 5.25. The molecular formula is C9H17NO. The smallest absolute Gasteiger partial charge is 0.0485 e.